The van der Waals surface area contributed by atoms with Crippen LogP contribution in [0.3, 0.4) is 0 Å². The summed E-state index contributed by atoms with van der Waals surface area (Å²) in [5, 5.41) is 0. The van der Waals surface area contributed by atoms with Crippen molar-refractivity contribution in [2.75, 3.05) is 0 Å². The van der Waals surface area contributed by atoms with Crippen LogP contribution in [0.25, 0.3) is 12.2 Å². The van der Waals surface area contributed by atoms with Crippen LogP contribution in [0.15, 0.2) is 42.9 Å². The van der Waals surface area contributed by atoms with Crippen molar-refractivity contribution in [1.29, 1.82) is 0 Å². The molecule has 2 aromatic rings. The first-order valence-electron chi connectivity index (χ1n) is 4.86. The van der Waals surface area contributed by atoms with Crippen molar-refractivity contribution in [3.05, 3.63) is 59.7 Å². The van der Waals surface area contributed by atoms with Crippen LogP contribution in [-0.4, -0.2) is 9.97 Å². The van der Waals surface area contributed by atoms with Crippen molar-refractivity contribution in [2.45, 2.75) is 6.92 Å². The van der Waals surface area contributed by atoms with Crippen molar-refractivity contribution in [3.8, 4) is 0 Å². The maximum atomic E-state index is 4.17. The second-order valence-electron chi connectivity index (χ2n) is 3.32. The summed E-state index contributed by atoms with van der Waals surface area (Å²) >= 11 is 0. The summed E-state index contributed by atoms with van der Waals surface area (Å²) in [6.07, 6.45) is 9.13. The van der Waals surface area contributed by atoms with Gasteiger partial charge in [0.15, 0.2) is 0 Å². The molecule has 15 heavy (non-hydrogen) atoms. The molecular formula is C13H12N2. The van der Waals surface area contributed by atoms with Gasteiger partial charge in [0, 0.05) is 12.4 Å². The van der Waals surface area contributed by atoms with E-state index in [2.05, 4.69) is 35.1 Å². The monoisotopic (exact) mass is 196 g/mol. The molecule has 0 amide bonds. The first kappa shape index (κ1) is 9.59. The molecule has 0 saturated carbocycles. The molecule has 2 nitrogen and oxygen atoms in total. The SMILES string of the molecule is Cc1ccccc1/C=C/c1cnccn1. The molecule has 0 radical (unpaired) electrons. The predicted octanol–water partition coefficient (Wildman–Crippen LogP) is 2.96. The third-order valence-electron chi connectivity index (χ3n) is 2.21. The Balaban J connectivity index is 2.23. The van der Waals surface area contributed by atoms with Crippen LogP contribution in [0.4, 0.5) is 0 Å². The van der Waals surface area contributed by atoms with Gasteiger partial charge in [-0.2, -0.15) is 0 Å². The lowest BCUT2D eigenvalue weighted by Crippen LogP contribution is -1.81. The van der Waals surface area contributed by atoms with Gasteiger partial charge >= 0.3 is 0 Å². The molecule has 0 aliphatic carbocycles. The average molecular weight is 196 g/mol. The van der Waals surface area contributed by atoms with E-state index in [1.807, 2.05) is 18.2 Å². The highest BCUT2D eigenvalue weighted by atomic mass is 14.7. The lowest BCUT2D eigenvalue weighted by Gasteiger charge is -1.97. The zero-order valence-corrected chi connectivity index (χ0v) is 8.59. The molecule has 0 fully saturated rings. The van der Waals surface area contributed by atoms with Crippen LogP contribution in [0.2, 0.25) is 0 Å². The number of hydrogen-bond donors (Lipinski definition) is 0. The number of aromatic nitrogens is 2. The molecule has 74 valence electrons. The van der Waals surface area contributed by atoms with Gasteiger partial charge in [-0.05, 0) is 24.1 Å². The summed E-state index contributed by atoms with van der Waals surface area (Å²) < 4.78 is 0. The smallest absolute Gasteiger partial charge is 0.0813 e. The Labute approximate surface area is 89.3 Å². The average Bonchev–Trinajstić information content (AvgIpc) is 2.29. The van der Waals surface area contributed by atoms with Crippen molar-refractivity contribution in [2.24, 2.45) is 0 Å². The fourth-order valence-corrected chi connectivity index (χ4v) is 1.35. The van der Waals surface area contributed by atoms with E-state index in [0.717, 1.165) is 5.69 Å². The second-order valence-corrected chi connectivity index (χ2v) is 3.32. The highest BCUT2D eigenvalue weighted by molar-refractivity contribution is 5.69. The van der Waals surface area contributed by atoms with Crippen LogP contribution in [0.5, 0.6) is 0 Å². The first-order valence-corrected chi connectivity index (χ1v) is 4.86. The third kappa shape index (κ3) is 2.50. The first-order chi connectivity index (χ1) is 7.36. The zero-order chi connectivity index (χ0) is 10.5. The predicted molar refractivity (Wildman–Crippen MR) is 62.1 cm³/mol. The molecule has 0 saturated heterocycles. The standard InChI is InChI=1S/C13H12N2/c1-11-4-2-3-5-12(11)6-7-13-10-14-8-9-15-13/h2-10H,1H3/b7-6+. The van der Waals surface area contributed by atoms with Gasteiger partial charge in [-0.1, -0.05) is 30.3 Å². The van der Waals surface area contributed by atoms with E-state index >= 15 is 0 Å². The van der Waals surface area contributed by atoms with Gasteiger partial charge in [0.1, 0.15) is 0 Å². The van der Waals surface area contributed by atoms with E-state index in [9.17, 15) is 0 Å². The normalized spacial score (nSPS) is 10.7. The Bertz CT molecular complexity index is 461. The molecule has 1 heterocycles. The quantitative estimate of drug-likeness (QED) is 0.738. The lowest BCUT2D eigenvalue weighted by molar-refractivity contribution is 1.18. The summed E-state index contributed by atoms with van der Waals surface area (Å²) in [6, 6.07) is 8.25. The summed E-state index contributed by atoms with van der Waals surface area (Å²) in [5.74, 6) is 0. The van der Waals surface area contributed by atoms with Crippen LogP contribution in [0, 0.1) is 6.92 Å². The Morgan fingerprint density at radius 3 is 2.67 bits per heavy atom. The molecule has 0 unspecified atom stereocenters. The highest BCUT2D eigenvalue weighted by Crippen LogP contribution is 2.10. The van der Waals surface area contributed by atoms with E-state index < -0.39 is 0 Å². The van der Waals surface area contributed by atoms with E-state index in [1.165, 1.54) is 11.1 Å². The summed E-state index contributed by atoms with van der Waals surface area (Å²) in [6.45, 7) is 2.09. The number of nitrogens with zero attached hydrogens (tertiary/aromatic N) is 2. The molecule has 1 aromatic carbocycles. The Morgan fingerprint density at radius 2 is 1.93 bits per heavy atom. The molecule has 0 N–H and O–H groups in total. The summed E-state index contributed by atoms with van der Waals surface area (Å²) in [7, 11) is 0. The number of benzene rings is 1. The maximum Gasteiger partial charge on any atom is 0.0813 e. The maximum absolute atomic E-state index is 4.17. The van der Waals surface area contributed by atoms with Crippen molar-refractivity contribution in [1.82, 2.24) is 9.97 Å². The van der Waals surface area contributed by atoms with Gasteiger partial charge in [0.05, 0.1) is 11.9 Å². The van der Waals surface area contributed by atoms with Crippen molar-refractivity contribution in [3.63, 3.8) is 0 Å². The zero-order valence-electron chi connectivity index (χ0n) is 8.59. The second kappa shape index (κ2) is 4.51. The lowest BCUT2D eigenvalue weighted by atomic mass is 10.1. The summed E-state index contributed by atoms with van der Waals surface area (Å²) in [4.78, 5) is 8.18. The molecule has 0 aliphatic heterocycles. The Hall–Kier alpha value is -1.96. The molecule has 2 rings (SSSR count). The number of hydrogen-bond acceptors (Lipinski definition) is 2. The van der Waals surface area contributed by atoms with Gasteiger partial charge < -0.3 is 0 Å². The van der Waals surface area contributed by atoms with Crippen molar-refractivity contribution < 1.29 is 0 Å². The van der Waals surface area contributed by atoms with E-state index in [4.69, 9.17) is 0 Å². The molecular weight excluding hydrogens is 184 g/mol. The minimum atomic E-state index is 0.876. The highest BCUT2D eigenvalue weighted by Gasteiger charge is 1.91. The van der Waals surface area contributed by atoms with Gasteiger partial charge in [0.25, 0.3) is 0 Å². The number of rotatable bonds is 2. The minimum absolute atomic E-state index is 0.876. The Kier molecular flexibility index (Phi) is 2.88. The van der Waals surface area contributed by atoms with E-state index in [-0.39, 0.29) is 0 Å². The van der Waals surface area contributed by atoms with E-state index in [0.29, 0.717) is 0 Å². The van der Waals surface area contributed by atoms with E-state index in [1.54, 1.807) is 18.6 Å². The molecule has 0 atom stereocenters. The van der Waals surface area contributed by atoms with Gasteiger partial charge in [-0.25, -0.2) is 0 Å². The topological polar surface area (TPSA) is 25.8 Å². The fourth-order valence-electron chi connectivity index (χ4n) is 1.35. The van der Waals surface area contributed by atoms with Crippen molar-refractivity contribution >= 4 is 12.2 Å². The summed E-state index contributed by atoms with van der Waals surface area (Å²) in [5.41, 5.74) is 3.35. The molecule has 1 aromatic heterocycles. The molecule has 0 aliphatic rings. The Morgan fingerprint density at radius 1 is 1.07 bits per heavy atom. The van der Waals surface area contributed by atoms with Gasteiger partial charge in [-0.15, -0.1) is 0 Å². The molecule has 0 spiro atoms. The molecule has 2 heteroatoms. The van der Waals surface area contributed by atoms with Crippen LogP contribution in [-0.2, 0) is 0 Å². The number of aryl methyl sites for hydroxylation is 1. The van der Waals surface area contributed by atoms with Crippen LogP contribution in [0.1, 0.15) is 16.8 Å². The molecule has 0 bridgehead atoms. The van der Waals surface area contributed by atoms with Gasteiger partial charge in [0.2, 0.25) is 0 Å². The largest absolute Gasteiger partial charge is 0.261 e. The minimum Gasteiger partial charge on any atom is -0.261 e. The van der Waals surface area contributed by atoms with Crippen LogP contribution >= 0.6 is 0 Å². The third-order valence-corrected chi connectivity index (χ3v) is 2.21. The van der Waals surface area contributed by atoms with Gasteiger partial charge in [-0.3, -0.25) is 9.97 Å². The fraction of sp³-hybridized carbons (Fsp3) is 0.0769. The van der Waals surface area contributed by atoms with Crippen LogP contribution < -0.4 is 0 Å².